The van der Waals surface area contributed by atoms with E-state index in [2.05, 4.69) is 33.8 Å². The van der Waals surface area contributed by atoms with Gasteiger partial charge in [0.05, 0.1) is 16.8 Å². The molecule has 0 unspecified atom stereocenters. The van der Waals surface area contributed by atoms with Gasteiger partial charge in [0.2, 0.25) is 5.91 Å². The van der Waals surface area contributed by atoms with Gasteiger partial charge < -0.3 is 9.30 Å². The van der Waals surface area contributed by atoms with Gasteiger partial charge in [-0.1, -0.05) is 48.6 Å². The second-order valence-electron chi connectivity index (χ2n) is 5.02. The zero-order valence-corrected chi connectivity index (χ0v) is 13.5. The molecule has 0 fully saturated rings. The van der Waals surface area contributed by atoms with Crippen LogP contribution in [-0.4, -0.2) is 24.2 Å². The zero-order valence-electron chi connectivity index (χ0n) is 12.7. The van der Waals surface area contributed by atoms with Gasteiger partial charge in [0.1, 0.15) is 0 Å². The minimum Gasteiger partial charge on any atom is -0.383 e. The second-order valence-corrected chi connectivity index (χ2v) is 6.00. The van der Waals surface area contributed by atoms with Crippen LogP contribution in [-0.2, 0) is 16.1 Å². The lowest BCUT2D eigenvalue weighted by molar-refractivity contribution is -0.117. The molecule has 22 heavy (non-hydrogen) atoms. The summed E-state index contributed by atoms with van der Waals surface area (Å²) in [5, 5.41) is 2.39. The first-order chi connectivity index (χ1) is 10.7. The second kappa shape index (κ2) is 6.42. The molecule has 0 bridgehead atoms. The first-order valence-electron chi connectivity index (χ1n) is 7.32. The third-order valence-electron chi connectivity index (χ3n) is 3.62. The van der Waals surface area contributed by atoms with Crippen LogP contribution in [0.3, 0.4) is 0 Å². The van der Waals surface area contributed by atoms with Gasteiger partial charge in [-0.15, -0.1) is 0 Å². The van der Waals surface area contributed by atoms with Gasteiger partial charge in [-0.3, -0.25) is 4.79 Å². The van der Waals surface area contributed by atoms with Gasteiger partial charge >= 0.3 is 0 Å². The Bertz CT molecular complexity index is 892. The SMILES string of the molecule is CCC(=O)N=c1sc2c3ccccc3ccc2n1CCOC. The zero-order chi connectivity index (χ0) is 15.5. The summed E-state index contributed by atoms with van der Waals surface area (Å²) < 4.78 is 8.43. The third kappa shape index (κ3) is 2.69. The highest BCUT2D eigenvalue weighted by Gasteiger charge is 2.10. The first-order valence-corrected chi connectivity index (χ1v) is 8.14. The average molecular weight is 314 g/mol. The fourth-order valence-corrected chi connectivity index (χ4v) is 3.68. The lowest BCUT2D eigenvalue weighted by Crippen LogP contribution is -2.19. The smallest absolute Gasteiger partial charge is 0.248 e. The highest BCUT2D eigenvalue weighted by atomic mass is 32.1. The molecule has 2 aromatic carbocycles. The highest BCUT2D eigenvalue weighted by molar-refractivity contribution is 7.17. The Morgan fingerprint density at radius 1 is 1.27 bits per heavy atom. The third-order valence-corrected chi connectivity index (χ3v) is 4.74. The molecule has 3 rings (SSSR count). The molecule has 0 aliphatic carbocycles. The van der Waals surface area contributed by atoms with Gasteiger partial charge in [-0.05, 0) is 11.5 Å². The number of hydrogen-bond acceptors (Lipinski definition) is 3. The van der Waals surface area contributed by atoms with Crippen molar-refractivity contribution in [1.82, 2.24) is 4.57 Å². The number of hydrogen-bond donors (Lipinski definition) is 0. The van der Waals surface area contributed by atoms with Gasteiger partial charge in [-0.25, -0.2) is 0 Å². The molecule has 0 aliphatic rings. The highest BCUT2D eigenvalue weighted by Crippen LogP contribution is 2.27. The molecule has 0 saturated heterocycles. The van der Waals surface area contributed by atoms with E-state index in [0.717, 1.165) is 15.0 Å². The minimum absolute atomic E-state index is 0.0953. The molecule has 1 heterocycles. The Morgan fingerprint density at radius 3 is 2.86 bits per heavy atom. The Kier molecular flexibility index (Phi) is 4.36. The van der Waals surface area contributed by atoms with Crippen LogP contribution in [0.15, 0.2) is 41.4 Å². The molecule has 0 saturated carbocycles. The number of benzene rings is 2. The van der Waals surface area contributed by atoms with Crippen LogP contribution in [0.5, 0.6) is 0 Å². The molecule has 0 atom stereocenters. The van der Waals surface area contributed by atoms with E-state index < -0.39 is 0 Å². The quantitative estimate of drug-likeness (QED) is 0.741. The van der Waals surface area contributed by atoms with Crippen molar-refractivity contribution in [2.24, 2.45) is 4.99 Å². The van der Waals surface area contributed by atoms with Crippen molar-refractivity contribution in [3.63, 3.8) is 0 Å². The topological polar surface area (TPSA) is 43.6 Å². The molecule has 0 N–H and O–H groups in total. The number of carbonyl (C=O) groups excluding carboxylic acids is 1. The lowest BCUT2D eigenvalue weighted by atomic mass is 10.1. The molecular weight excluding hydrogens is 296 g/mol. The van der Waals surface area contributed by atoms with Gasteiger partial charge in [0.15, 0.2) is 4.80 Å². The van der Waals surface area contributed by atoms with E-state index in [-0.39, 0.29) is 5.91 Å². The standard InChI is InChI=1S/C17H18N2O2S/c1-3-15(20)18-17-19(10-11-21-2)14-9-8-12-6-4-5-7-13(12)16(14)22-17/h4-9H,3,10-11H2,1-2H3. The van der Waals surface area contributed by atoms with E-state index in [1.54, 1.807) is 18.4 Å². The Morgan fingerprint density at radius 2 is 2.09 bits per heavy atom. The summed E-state index contributed by atoms with van der Waals surface area (Å²) in [6.07, 6.45) is 0.416. The first kappa shape index (κ1) is 14.9. The van der Waals surface area contributed by atoms with Crippen LogP contribution >= 0.6 is 11.3 Å². The predicted octanol–water partition coefficient (Wildman–Crippen LogP) is 3.34. The monoisotopic (exact) mass is 314 g/mol. The number of nitrogens with zero attached hydrogens (tertiary/aromatic N) is 2. The lowest BCUT2D eigenvalue weighted by Gasteiger charge is -2.05. The van der Waals surface area contributed by atoms with Crippen molar-refractivity contribution in [3.05, 3.63) is 41.2 Å². The van der Waals surface area contributed by atoms with Crippen LogP contribution in [0.2, 0.25) is 0 Å². The Labute approximate surface area is 132 Å². The predicted molar refractivity (Wildman–Crippen MR) is 90.1 cm³/mol. The van der Waals surface area contributed by atoms with Crippen molar-refractivity contribution in [1.29, 1.82) is 0 Å². The van der Waals surface area contributed by atoms with Gasteiger partial charge in [0.25, 0.3) is 0 Å². The molecule has 1 amide bonds. The number of thiazole rings is 1. The molecule has 4 nitrogen and oxygen atoms in total. The fraction of sp³-hybridized carbons (Fsp3) is 0.294. The fourth-order valence-electron chi connectivity index (χ4n) is 2.47. The van der Waals surface area contributed by atoms with E-state index >= 15 is 0 Å². The normalized spacial score (nSPS) is 12.4. The largest absolute Gasteiger partial charge is 0.383 e. The van der Waals surface area contributed by atoms with E-state index in [9.17, 15) is 4.79 Å². The van der Waals surface area contributed by atoms with Crippen LogP contribution in [0, 0.1) is 0 Å². The number of ether oxygens (including phenoxy) is 1. The molecular formula is C17H18N2O2S. The van der Waals surface area contributed by atoms with E-state index in [1.807, 2.05) is 19.1 Å². The van der Waals surface area contributed by atoms with Gasteiger partial charge in [-0.2, -0.15) is 4.99 Å². The molecule has 0 spiro atoms. The summed E-state index contributed by atoms with van der Waals surface area (Å²) in [6, 6.07) is 12.5. The number of carbonyl (C=O) groups is 1. The maximum absolute atomic E-state index is 11.7. The number of rotatable bonds is 4. The van der Waals surface area contributed by atoms with Crippen molar-refractivity contribution < 1.29 is 9.53 Å². The van der Waals surface area contributed by atoms with Crippen molar-refractivity contribution in [3.8, 4) is 0 Å². The number of fused-ring (bicyclic) bond motifs is 3. The van der Waals surface area contributed by atoms with E-state index in [0.29, 0.717) is 19.6 Å². The number of aromatic nitrogens is 1. The molecule has 5 heteroatoms. The van der Waals surface area contributed by atoms with Crippen LogP contribution in [0.1, 0.15) is 13.3 Å². The van der Waals surface area contributed by atoms with Crippen LogP contribution in [0.25, 0.3) is 21.0 Å². The maximum atomic E-state index is 11.7. The molecule has 3 aromatic rings. The van der Waals surface area contributed by atoms with Crippen molar-refractivity contribution in [2.75, 3.05) is 13.7 Å². The Balaban J connectivity index is 2.31. The van der Waals surface area contributed by atoms with E-state index in [1.165, 1.54) is 10.8 Å². The van der Waals surface area contributed by atoms with Crippen LogP contribution < -0.4 is 4.80 Å². The summed E-state index contributed by atoms with van der Waals surface area (Å²) >= 11 is 1.57. The van der Waals surface area contributed by atoms with E-state index in [4.69, 9.17) is 4.74 Å². The summed E-state index contributed by atoms with van der Waals surface area (Å²) in [7, 11) is 1.68. The summed E-state index contributed by atoms with van der Waals surface area (Å²) in [5.41, 5.74) is 1.10. The number of methoxy groups -OCH3 is 1. The summed E-state index contributed by atoms with van der Waals surface area (Å²) in [4.78, 5) is 16.8. The number of amides is 1. The minimum atomic E-state index is -0.0953. The van der Waals surface area contributed by atoms with Crippen molar-refractivity contribution >= 4 is 38.2 Å². The summed E-state index contributed by atoms with van der Waals surface area (Å²) in [5.74, 6) is -0.0953. The molecule has 0 aliphatic heterocycles. The summed E-state index contributed by atoms with van der Waals surface area (Å²) in [6.45, 7) is 3.10. The van der Waals surface area contributed by atoms with Gasteiger partial charge in [0, 0.05) is 25.5 Å². The van der Waals surface area contributed by atoms with Crippen LogP contribution in [0.4, 0.5) is 0 Å². The molecule has 0 radical (unpaired) electrons. The molecule has 1 aromatic heterocycles. The molecule has 114 valence electrons. The maximum Gasteiger partial charge on any atom is 0.248 e. The average Bonchev–Trinajstić information content (AvgIpc) is 2.90. The van der Waals surface area contributed by atoms with Crippen molar-refractivity contribution in [2.45, 2.75) is 19.9 Å². The Hall–Kier alpha value is -1.98.